The summed E-state index contributed by atoms with van der Waals surface area (Å²) in [6, 6.07) is 0.135. The van der Waals surface area contributed by atoms with Crippen LogP contribution in [-0.2, 0) is 17.6 Å². The summed E-state index contributed by atoms with van der Waals surface area (Å²) in [6.07, 6.45) is 3.24. The Balaban J connectivity index is 1.80. The molecule has 1 amide bonds. The minimum Gasteiger partial charge on any atom is -0.373 e. The normalized spacial score (nSPS) is 22.4. The molecule has 0 unspecified atom stereocenters. The maximum atomic E-state index is 12.0. The van der Waals surface area contributed by atoms with Crippen LogP contribution >= 0.6 is 0 Å². The van der Waals surface area contributed by atoms with Gasteiger partial charge in [-0.25, -0.2) is 4.98 Å². The summed E-state index contributed by atoms with van der Waals surface area (Å²) in [4.78, 5) is 23.9. The highest BCUT2D eigenvalue weighted by atomic mass is 16.2. The molecule has 0 saturated carbocycles. The maximum Gasteiger partial charge on any atom is 0.234 e. The Hall–Kier alpha value is -1.89. The third-order valence-corrected chi connectivity index (χ3v) is 5.35. The van der Waals surface area contributed by atoms with E-state index in [4.69, 9.17) is 9.97 Å². The standard InChI is InChI=1S/C18H30N6O/c1-11(2)13-9-24(10-15(13)21-16(25)8-19-3)18-22-14-7-5-6-12(14)17(20-4)23-18/h11,13,15,19H,5-10H2,1-4H3,(H,21,25)(H,20,22,23)/t13-,15+/m1/s1. The molecule has 3 rings (SSSR count). The second kappa shape index (κ2) is 7.56. The Kier molecular flexibility index (Phi) is 5.42. The lowest BCUT2D eigenvalue weighted by Gasteiger charge is -2.22. The molecule has 2 heterocycles. The van der Waals surface area contributed by atoms with Gasteiger partial charge in [0.2, 0.25) is 11.9 Å². The fraction of sp³-hybridized carbons (Fsp3) is 0.722. The van der Waals surface area contributed by atoms with Gasteiger partial charge in [0.15, 0.2) is 0 Å². The average molecular weight is 346 g/mol. The van der Waals surface area contributed by atoms with E-state index in [1.165, 1.54) is 11.3 Å². The van der Waals surface area contributed by atoms with Gasteiger partial charge in [-0.3, -0.25) is 4.79 Å². The van der Waals surface area contributed by atoms with Gasteiger partial charge >= 0.3 is 0 Å². The van der Waals surface area contributed by atoms with Crippen LogP contribution in [0.25, 0.3) is 0 Å². The van der Waals surface area contributed by atoms with Gasteiger partial charge in [0.1, 0.15) is 5.82 Å². The predicted octanol–water partition coefficient (Wildman–Crippen LogP) is 0.803. The van der Waals surface area contributed by atoms with E-state index in [-0.39, 0.29) is 11.9 Å². The van der Waals surface area contributed by atoms with E-state index < -0.39 is 0 Å². The number of aromatic nitrogens is 2. The molecular weight excluding hydrogens is 316 g/mol. The number of anilines is 2. The van der Waals surface area contributed by atoms with Crippen molar-refractivity contribution in [2.45, 2.75) is 39.2 Å². The lowest BCUT2D eigenvalue weighted by Crippen LogP contribution is -2.45. The van der Waals surface area contributed by atoms with Crippen LogP contribution in [0.2, 0.25) is 0 Å². The Morgan fingerprint density at radius 3 is 2.72 bits per heavy atom. The number of nitrogens with one attached hydrogen (secondary N) is 3. The van der Waals surface area contributed by atoms with Gasteiger partial charge in [-0.2, -0.15) is 4.98 Å². The summed E-state index contributed by atoms with van der Waals surface area (Å²) < 4.78 is 0. The zero-order chi connectivity index (χ0) is 18.0. The monoisotopic (exact) mass is 346 g/mol. The van der Waals surface area contributed by atoms with Gasteiger partial charge in [-0.1, -0.05) is 13.8 Å². The minimum absolute atomic E-state index is 0.0470. The number of amides is 1. The van der Waals surface area contributed by atoms with E-state index in [0.717, 1.165) is 44.1 Å². The van der Waals surface area contributed by atoms with Crippen molar-refractivity contribution < 1.29 is 4.79 Å². The SMILES string of the molecule is CNCC(=O)N[C@H]1CN(c2nc3c(c(NC)n2)CCC3)C[C@@H]1C(C)C. The van der Waals surface area contributed by atoms with Gasteiger partial charge in [0.05, 0.1) is 18.3 Å². The molecule has 3 N–H and O–H groups in total. The van der Waals surface area contributed by atoms with Crippen molar-refractivity contribution >= 4 is 17.7 Å². The molecule has 2 atom stereocenters. The van der Waals surface area contributed by atoms with Crippen molar-refractivity contribution in [2.24, 2.45) is 11.8 Å². The quantitative estimate of drug-likeness (QED) is 0.707. The average Bonchev–Trinajstić information content (AvgIpc) is 3.20. The second-order valence-corrected chi connectivity index (χ2v) is 7.42. The van der Waals surface area contributed by atoms with E-state index >= 15 is 0 Å². The Morgan fingerprint density at radius 1 is 1.24 bits per heavy atom. The summed E-state index contributed by atoms with van der Waals surface area (Å²) in [5, 5.41) is 9.32. The van der Waals surface area contributed by atoms with Gasteiger partial charge in [0.25, 0.3) is 0 Å². The summed E-state index contributed by atoms with van der Waals surface area (Å²) >= 11 is 0. The van der Waals surface area contributed by atoms with Crippen molar-refractivity contribution in [3.63, 3.8) is 0 Å². The van der Waals surface area contributed by atoms with E-state index in [1.54, 1.807) is 7.05 Å². The van der Waals surface area contributed by atoms with Crippen LogP contribution in [0.4, 0.5) is 11.8 Å². The molecule has 25 heavy (non-hydrogen) atoms. The molecule has 7 heteroatoms. The number of likely N-dealkylation sites (N-methyl/N-ethyl adjacent to an activating group) is 1. The van der Waals surface area contributed by atoms with Crippen LogP contribution in [0.15, 0.2) is 0 Å². The zero-order valence-corrected chi connectivity index (χ0v) is 15.7. The van der Waals surface area contributed by atoms with Gasteiger partial charge < -0.3 is 20.9 Å². The number of carbonyl (C=O) groups is 1. The summed E-state index contributed by atoms with van der Waals surface area (Å²) in [7, 11) is 3.71. The van der Waals surface area contributed by atoms with Crippen molar-refractivity contribution in [2.75, 3.05) is 43.9 Å². The third-order valence-electron chi connectivity index (χ3n) is 5.35. The maximum absolute atomic E-state index is 12.0. The first kappa shape index (κ1) is 17.9. The number of carbonyl (C=O) groups excluding carboxylic acids is 1. The number of rotatable bonds is 6. The van der Waals surface area contributed by atoms with Gasteiger partial charge in [0, 0.05) is 31.6 Å². The fourth-order valence-corrected chi connectivity index (χ4v) is 4.01. The first-order valence-electron chi connectivity index (χ1n) is 9.30. The summed E-state index contributed by atoms with van der Waals surface area (Å²) in [5.41, 5.74) is 2.45. The van der Waals surface area contributed by atoms with Crippen molar-refractivity contribution in [1.82, 2.24) is 20.6 Å². The van der Waals surface area contributed by atoms with E-state index in [1.807, 2.05) is 7.05 Å². The van der Waals surface area contributed by atoms with Crippen LogP contribution in [0.3, 0.4) is 0 Å². The fourth-order valence-electron chi connectivity index (χ4n) is 4.01. The molecule has 7 nitrogen and oxygen atoms in total. The number of hydrogen-bond donors (Lipinski definition) is 3. The molecule has 1 aliphatic carbocycles. The highest BCUT2D eigenvalue weighted by molar-refractivity contribution is 5.78. The van der Waals surface area contributed by atoms with Crippen LogP contribution < -0.4 is 20.9 Å². The first-order valence-corrected chi connectivity index (χ1v) is 9.30. The molecule has 1 fully saturated rings. The Labute approximate surface area is 150 Å². The first-order chi connectivity index (χ1) is 12.0. The van der Waals surface area contributed by atoms with Crippen LogP contribution in [0.1, 0.15) is 31.5 Å². The van der Waals surface area contributed by atoms with Crippen molar-refractivity contribution in [3.8, 4) is 0 Å². The third kappa shape index (κ3) is 3.71. The van der Waals surface area contributed by atoms with Crippen LogP contribution in [0.5, 0.6) is 0 Å². The zero-order valence-electron chi connectivity index (χ0n) is 15.7. The summed E-state index contributed by atoms with van der Waals surface area (Å²) in [5.74, 6) is 2.69. The van der Waals surface area contributed by atoms with E-state index in [2.05, 4.69) is 34.7 Å². The van der Waals surface area contributed by atoms with Crippen LogP contribution in [0, 0.1) is 11.8 Å². The Bertz CT molecular complexity index is 632. The second-order valence-electron chi connectivity index (χ2n) is 7.42. The molecule has 1 aliphatic heterocycles. The van der Waals surface area contributed by atoms with Gasteiger partial charge in [-0.15, -0.1) is 0 Å². The van der Waals surface area contributed by atoms with Gasteiger partial charge in [-0.05, 0) is 32.2 Å². The minimum atomic E-state index is 0.0470. The summed E-state index contributed by atoms with van der Waals surface area (Å²) in [6.45, 7) is 6.42. The highest BCUT2D eigenvalue weighted by Gasteiger charge is 2.37. The smallest absolute Gasteiger partial charge is 0.234 e. The molecule has 0 aromatic carbocycles. The number of fused-ring (bicyclic) bond motifs is 1. The highest BCUT2D eigenvalue weighted by Crippen LogP contribution is 2.31. The van der Waals surface area contributed by atoms with E-state index in [9.17, 15) is 4.79 Å². The lowest BCUT2D eigenvalue weighted by atomic mass is 9.91. The van der Waals surface area contributed by atoms with E-state index in [0.29, 0.717) is 18.4 Å². The molecule has 1 aromatic heterocycles. The molecule has 0 bridgehead atoms. The number of aryl methyl sites for hydroxylation is 1. The van der Waals surface area contributed by atoms with Crippen molar-refractivity contribution in [3.05, 3.63) is 11.3 Å². The Morgan fingerprint density at radius 2 is 2.04 bits per heavy atom. The molecule has 1 aromatic rings. The number of nitrogens with zero attached hydrogens (tertiary/aromatic N) is 3. The topological polar surface area (TPSA) is 82.2 Å². The lowest BCUT2D eigenvalue weighted by molar-refractivity contribution is -0.121. The largest absolute Gasteiger partial charge is 0.373 e. The molecule has 2 aliphatic rings. The molecule has 0 radical (unpaired) electrons. The molecule has 0 spiro atoms. The van der Waals surface area contributed by atoms with Crippen molar-refractivity contribution in [1.29, 1.82) is 0 Å². The molecule has 138 valence electrons. The van der Waals surface area contributed by atoms with Crippen LogP contribution in [-0.4, -0.2) is 55.6 Å². The predicted molar refractivity (Wildman–Crippen MR) is 100 cm³/mol. The molecular formula is C18H30N6O. The number of hydrogen-bond acceptors (Lipinski definition) is 6. The molecule has 1 saturated heterocycles.